The Morgan fingerprint density at radius 3 is 1.89 bits per heavy atom. The molecule has 7 nitrogen and oxygen atoms in total. The average molecular weight is 545 g/mol. The molecule has 4 aromatic carbocycles. The van der Waals surface area contributed by atoms with E-state index in [1.807, 2.05) is 30.3 Å². The van der Waals surface area contributed by atoms with E-state index in [1.54, 1.807) is 91.9 Å². The van der Waals surface area contributed by atoms with Crippen LogP contribution < -0.4 is 13.8 Å². The van der Waals surface area contributed by atoms with E-state index >= 15 is 0 Å². The van der Waals surface area contributed by atoms with Crippen LogP contribution in [0.1, 0.15) is 17.0 Å². The van der Waals surface area contributed by atoms with E-state index in [0.717, 1.165) is 5.39 Å². The number of fused-ring (bicyclic) bond motifs is 1. The standard InChI is InChI=1S/C29H25N2O5PS/c1-22-12-10-21-28(30-22)38(33,34)31-29(27-20-11-14-23-13-8-9-19-26(23)27)37(32,35-24-15-4-2-5-16-24)36-25-17-6-3-7-18-25/h2-21,29,31H,1H3. The lowest BCUT2D eigenvalue weighted by Gasteiger charge is -2.29. The summed E-state index contributed by atoms with van der Waals surface area (Å²) in [7, 11) is -8.61. The van der Waals surface area contributed by atoms with Gasteiger partial charge in [0.25, 0.3) is 10.0 Å². The molecule has 1 heterocycles. The molecule has 38 heavy (non-hydrogen) atoms. The van der Waals surface area contributed by atoms with Crippen LogP contribution in [0.25, 0.3) is 10.8 Å². The van der Waals surface area contributed by atoms with Gasteiger partial charge in [-0.05, 0) is 59.7 Å². The van der Waals surface area contributed by atoms with Gasteiger partial charge in [0.15, 0.2) is 10.8 Å². The second kappa shape index (κ2) is 10.8. The third kappa shape index (κ3) is 5.63. The summed E-state index contributed by atoms with van der Waals surface area (Å²) in [5.74, 6) is -0.879. The largest absolute Gasteiger partial charge is 0.453 e. The molecule has 0 amide bonds. The second-order valence-electron chi connectivity index (χ2n) is 8.56. The van der Waals surface area contributed by atoms with Crippen molar-refractivity contribution in [1.29, 1.82) is 0 Å². The van der Waals surface area contributed by atoms with Crippen molar-refractivity contribution in [1.82, 2.24) is 9.71 Å². The van der Waals surface area contributed by atoms with E-state index in [-0.39, 0.29) is 16.5 Å². The summed E-state index contributed by atoms with van der Waals surface area (Å²) in [5, 5.41) is 1.34. The van der Waals surface area contributed by atoms with Crippen molar-refractivity contribution in [2.75, 3.05) is 0 Å². The number of para-hydroxylation sites is 2. The van der Waals surface area contributed by atoms with Gasteiger partial charge in [0, 0.05) is 5.69 Å². The molecule has 192 valence electrons. The van der Waals surface area contributed by atoms with Gasteiger partial charge in [0.05, 0.1) is 0 Å². The number of aromatic nitrogens is 1. The van der Waals surface area contributed by atoms with Crippen LogP contribution in [-0.2, 0) is 14.6 Å². The van der Waals surface area contributed by atoms with Crippen LogP contribution >= 0.6 is 7.60 Å². The van der Waals surface area contributed by atoms with E-state index in [4.69, 9.17) is 9.05 Å². The average Bonchev–Trinajstić information content (AvgIpc) is 2.92. The molecule has 0 saturated carbocycles. The van der Waals surface area contributed by atoms with Gasteiger partial charge in [-0.15, -0.1) is 0 Å². The van der Waals surface area contributed by atoms with Crippen LogP contribution in [0.3, 0.4) is 0 Å². The lowest BCUT2D eigenvalue weighted by atomic mass is 10.0. The quantitative estimate of drug-likeness (QED) is 0.204. The van der Waals surface area contributed by atoms with Crippen LogP contribution in [0, 0.1) is 6.92 Å². The summed E-state index contributed by atoms with van der Waals surface area (Å²) in [6, 6.07) is 34.6. The highest BCUT2D eigenvalue weighted by atomic mass is 32.2. The van der Waals surface area contributed by atoms with Crippen molar-refractivity contribution in [3.63, 3.8) is 0 Å². The lowest BCUT2D eigenvalue weighted by molar-refractivity contribution is 0.368. The summed E-state index contributed by atoms with van der Waals surface area (Å²) in [6.07, 6.45) is 0. The van der Waals surface area contributed by atoms with E-state index in [2.05, 4.69) is 9.71 Å². The van der Waals surface area contributed by atoms with Crippen LogP contribution in [0.4, 0.5) is 0 Å². The number of nitrogens with zero attached hydrogens (tertiary/aromatic N) is 1. The first-order chi connectivity index (χ1) is 18.3. The van der Waals surface area contributed by atoms with Gasteiger partial charge in [-0.25, -0.2) is 18.0 Å². The molecule has 0 spiro atoms. The Morgan fingerprint density at radius 2 is 1.26 bits per heavy atom. The van der Waals surface area contributed by atoms with Gasteiger partial charge in [0.2, 0.25) is 0 Å². The predicted molar refractivity (Wildman–Crippen MR) is 148 cm³/mol. The van der Waals surface area contributed by atoms with E-state index < -0.39 is 23.4 Å². The molecule has 0 fully saturated rings. The summed E-state index contributed by atoms with van der Waals surface area (Å²) in [4.78, 5) is 4.18. The number of benzene rings is 4. The van der Waals surface area contributed by atoms with Gasteiger partial charge < -0.3 is 9.05 Å². The predicted octanol–water partition coefficient (Wildman–Crippen LogP) is 6.87. The topological polar surface area (TPSA) is 94.6 Å². The maximum atomic E-state index is 14.9. The normalized spacial score (nSPS) is 12.7. The fourth-order valence-corrected chi connectivity index (χ4v) is 7.68. The lowest BCUT2D eigenvalue weighted by Crippen LogP contribution is -2.32. The van der Waals surface area contributed by atoms with Crippen molar-refractivity contribution in [3.05, 3.63) is 133 Å². The van der Waals surface area contributed by atoms with Crippen LogP contribution in [-0.4, -0.2) is 13.4 Å². The Hall–Kier alpha value is -3.97. The fourth-order valence-electron chi connectivity index (χ4n) is 4.04. The zero-order valence-corrected chi connectivity index (χ0v) is 22.2. The second-order valence-corrected chi connectivity index (χ2v) is 12.2. The molecule has 1 aromatic heterocycles. The van der Waals surface area contributed by atoms with Crippen LogP contribution in [0.15, 0.2) is 126 Å². The number of hydrogen-bond acceptors (Lipinski definition) is 6. The highest BCUT2D eigenvalue weighted by Crippen LogP contribution is 2.60. The van der Waals surface area contributed by atoms with Crippen molar-refractivity contribution in [3.8, 4) is 11.5 Å². The molecular formula is C29H25N2O5PS. The SMILES string of the molecule is Cc1cccc(S(=O)(=O)NC(c2cccc3ccccc23)P(=O)(Oc2ccccc2)Oc2ccccc2)n1. The minimum absolute atomic E-state index is 0.200. The molecule has 1 atom stereocenters. The van der Waals surface area contributed by atoms with Gasteiger partial charge in [-0.2, -0.15) is 4.72 Å². The van der Waals surface area contributed by atoms with Gasteiger partial charge in [0.1, 0.15) is 11.5 Å². The van der Waals surface area contributed by atoms with Crippen LogP contribution in [0.2, 0.25) is 0 Å². The molecule has 5 rings (SSSR count). The first kappa shape index (κ1) is 25.7. The molecule has 0 aliphatic heterocycles. The summed E-state index contributed by atoms with van der Waals surface area (Å²) in [5.41, 5.74) is 0.966. The number of rotatable bonds is 9. The van der Waals surface area contributed by atoms with Gasteiger partial charge in [-0.3, -0.25) is 0 Å². The third-order valence-electron chi connectivity index (χ3n) is 5.79. The van der Waals surface area contributed by atoms with E-state index in [1.165, 1.54) is 6.07 Å². The highest BCUT2D eigenvalue weighted by molar-refractivity contribution is 7.89. The Morgan fingerprint density at radius 1 is 0.711 bits per heavy atom. The Bertz CT molecular complexity index is 1660. The van der Waals surface area contributed by atoms with Crippen molar-refractivity contribution < 1.29 is 22.0 Å². The van der Waals surface area contributed by atoms with E-state index in [9.17, 15) is 13.0 Å². The molecular weight excluding hydrogens is 519 g/mol. The smallest absolute Gasteiger partial charge is 0.415 e. The summed E-state index contributed by atoms with van der Waals surface area (Å²) in [6.45, 7) is 1.70. The number of nitrogens with one attached hydrogen (secondary N) is 1. The van der Waals surface area contributed by atoms with Crippen molar-refractivity contribution >= 4 is 28.4 Å². The molecule has 0 aliphatic rings. The van der Waals surface area contributed by atoms with Crippen molar-refractivity contribution in [2.45, 2.75) is 17.7 Å². The molecule has 0 bridgehead atoms. The minimum atomic E-state index is -4.35. The number of sulfonamides is 1. The van der Waals surface area contributed by atoms with Crippen LogP contribution in [0.5, 0.6) is 11.5 Å². The Kier molecular flexibility index (Phi) is 7.29. The number of pyridine rings is 1. The van der Waals surface area contributed by atoms with Gasteiger partial charge in [-0.1, -0.05) is 84.9 Å². The molecule has 0 saturated heterocycles. The highest BCUT2D eigenvalue weighted by Gasteiger charge is 2.44. The van der Waals surface area contributed by atoms with E-state index in [0.29, 0.717) is 16.6 Å². The number of aryl methyl sites for hydroxylation is 1. The van der Waals surface area contributed by atoms with Crippen molar-refractivity contribution in [2.24, 2.45) is 0 Å². The minimum Gasteiger partial charge on any atom is -0.415 e. The monoisotopic (exact) mass is 544 g/mol. The molecule has 1 unspecified atom stereocenters. The maximum absolute atomic E-state index is 14.9. The summed E-state index contributed by atoms with van der Waals surface area (Å²) < 4.78 is 56.9. The third-order valence-corrected chi connectivity index (χ3v) is 9.26. The molecule has 1 N–H and O–H groups in total. The molecule has 5 aromatic rings. The molecule has 0 radical (unpaired) electrons. The van der Waals surface area contributed by atoms with Gasteiger partial charge >= 0.3 is 7.60 Å². The molecule has 0 aliphatic carbocycles. The zero-order valence-electron chi connectivity index (χ0n) is 20.5. The Balaban J connectivity index is 1.71. The fraction of sp³-hybridized carbons (Fsp3) is 0.0690. The Labute approximate surface area is 221 Å². The first-order valence-electron chi connectivity index (χ1n) is 11.9. The number of hydrogen-bond donors (Lipinski definition) is 1. The first-order valence-corrected chi connectivity index (χ1v) is 15.0. The molecule has 9 heteroatoms. The zero-order chi connectivity index (χ0) is 26.6. The summed E-state index contributed by atoms with van der Waals surface area (Å²) >= 11 is 0. The maximum Gasteiger partial charge on any atom is 0.453 e.